The predicted molar refractivity (Wildman–Crippen MR) is 102 cm³/mol. The molecule has 0 saturated heterocycles. The molecule has 9 heteroatoms. The minimum absolute atomic E-state index is 0.00256. The number of esters is 1. The Morgan fingerprint density at radius 1 is 1.21 bits per heavy atom. The van der Waals surface area contributed by atoms with Crippen LogP contribution >= 0.6 is 11.3 Å². The smallest absolute Gasteiger partial charge is 0.306 e. The second-order valence-electron chi connectivity index (χ2n) is 5.83. The van der Waals surface area contributed by atoms with E-state index in [4.69, 9.17) is 9.26 Å². The molecule has 0 bridgehead atoms. The van der Waals surface area contributed by atoms with E-state index in [2.05, 4.69) is 15.5 Å². The Labute approximate surface area is 164 Å². The van der Waals surface area contributed by atoms with Crippen LogP contribution in [0.15, 0.2) is 45.6 Å². The van der Waals surface area contributed by atoms with E-state index < -0.39 is 18.5 Å². The minimum atomic E-state index is -0.565. The number of carbonyl (C=O) groups excluding carboxylic acids is 3. The minimum Gasteiger partial charge on any atom is -0.456 e. The molecule has 0 radical (unpaired) electrons. The molecule has 1 N–H and O–H groups in total. The number of nitrogens with zero attached hydrogens (tertiary/aromatic N) is 2. The Hall–Kier alpha value is -3.33. The summed E-state index contributed by atoms with van der Waals surface area (Å²) in [5.74, 6) is -0.481. The largest absolute Gasteiger partial charge is 0.456 e. The van der Waals surface area contributed by atoms with Crippen LogP contribution < -0.4 is 5.32 Å². The molecule has 0 atom stereocenters. The average Bonchev–Trinajstić information content (AvgIpc) is 3.36. The number of thiophene rings is 1. The van der Waals surface area contributed by atoms with Crippen LogP contribution in [0.2, 0.25) is 0 Å². The number of hydrogen-bond donors (Lipinski definition) is 1. The van der Waals surface area contributed by atoms with Gasteiger partial charge in [-0.25, -0.2) is 0 Å². The third-order valence-electron chi connectivity index (χ3n) is 3.74. The van der Waals surface area contributed by atoms with Crippen LogP contribution in [-0.4, -0.2) is 34.4 Å². The molecule has 1 amide bonds. The van der Waals surface area contributed by atoms with Gasteiger partial charge in [0.25, 0.3) is 5.91 Å². The predicted octanol–water partition coefficient (Wildman–Crippen LogP) is 3.12. The fraction of sp³-hybridized carbons (Fsp3) is 0.211. The number of nitrogens with one attached hydrogen (secondary N) is 1. The first-order valence-electron chi connectivity index (χ1n) is 8.43. The van der Waals surface area contributed by atoms with Crippen LogP contribution in [0.25, 0.3) is 11.4 Å². The van der Waals surface area contributed by atoms with Gasteiger partial charge in [-0.2, -0.15) is 16.3 Å². The molecule has 0 aliphatic heterocycles. The van der Waals surface area contributed by atoms with Crippen molar-refractivity contribution in [2.24, 2.45) is 0 Å². The molecule has 0 fully saturated rings. The Morgan fingerprint density at radius 2 is 2.04 bits per heavy atom. The van der Waals surface area contributed by atoms with Crippen molar-refractivity contribution in [3.63, 3.8) is 0 Å². The molecule has 3 aromatic rings. The second kappa shape index (κ2) is 9.05. The SMILES string of the molecule is CC(=O)c1ccccc1NC(=O)COC(=O)CCc1nc(-c2ccsc2)no1. The maximum atomic E-state index is 12.0. The molecule has 0 unspecified atom stereocenters. The van der Waals surface area contributed by atoms with Gasteiger partial charge in [-0.3, -0.25) is 14.4 Å². The maximum Gasteiger partial charge on any atom is 0.306 e. The van der Waals surface area contributed by atoms with Crippen molar-refractivity contribution in [1.82, 2.24) is 10.1 Å². The average molecular weight is 399 g/mol. The first-order chi connectivity index (χ1) is 13.5. The Morgan fingerprint density at radius 3 is 2.79 bits per heavy atom. The highest BCUT2D eigenvalue weighted by atomic mass is 32.1. The summed E-state index contributed by atoms with van der Waals surface area (Å²) >= 11 is 1.52. The van der Waals surface area contributed by atoms with Gasteiger partial charge in [-0.05, 0) is 30.5 Å². The fourth-order valence-corrected chi connectivity index (χ4v) is 3.01. The van der Waals surface area contributed by atoms with Crippen molar-refractivity contribution < 1.29 is 23.6 Å². The Balaban J connectivity index is 1.44. The highest BCUT2D eigenvalue weighted by Gasteiger charge is 2.14. The first-order valence-corrected chi connectivity index (χ1v) is 9.38. The van der Waals surface area contributed by atoms with Crippen LogP contribution in [-0.2, 0) is 20.7 Å². The number of aromatic nitrogens is 2. The summed E-state index contributed by atoms with van der Waals surface area (Å²) < 4.78 is 10.1. The van der Waals surface area contributed by atoms with Crippen LogP contribution in [0.5, 0.6) is 0 Å². The summed E-state index contributed by atoms with van der Waals surface area (Å²) in [6, 6.07) is 8.49. The number of para-hydroxylation sites is 1. The van der Waals surface area contributed by atoms with Gasteiger partial charge in [-0.15, -0.1) is 0 Å². The molecule has 144 valence electrons. The number of hydrogen-bond acceptors (Lipinski definition) is 8. The summed E-state index contributed by atoms with van der Waals surface area (Å²) in [6.45, 7) is 0.960. The Bertz CT molecular complexity index is 981. The second-order valence-corrected chi connectivity index (χ2v) is 6.61. The highest BCUT2D eigenvalue weighted by molar-refractivity contribution is 7.08. The number of amides is 1. The zero-order valence-electron chi connectivity index (χ0n) is 15.0. The van der Waals surface area contributed by atoms with E-state index in [0.717, 1.165) is 5.56 Å². The molecule has 0 spiro atoms. The number of ketones is 1. The lowest BCUT2D eigenvalue weighted by Crippen LogP contribution is -2.22. The fourth-order valence-electron chi connectivity index (χ4n) is 2.38. The molecule has 2 heterocycles. The first kappa shape index (κ1) is 19.4. The zero-order valence-corrected chi connectivity index (χ0v) is 15.8. The summed E-state index contributed by atoms with van der Waals surface area (Å²) in [6.07, 6.45) is 0.216. The van der Waals surface area contributed by atoms with E-state index in [1.54, 1.807) is 24.3 Å². The third-order valence-corrected chi connectivity index (χ3v) is 4.42. The summed E-state index contributed by atoms with van der Waals surface area (Å²) in [7, 11) is 0. The molecule has 0 aliphatic rings. The molecule has 2 aromatic heterocycles. The highest BCUT2D eigenvalue weighted by Crippen LogP contribution is 2.19. The lowest BCUT2D eigenvalue weighted by Gasteiger charge is -2.09. The number of rotatable bonds is 8. The molecule has 3 rings (SSSR count). The van der Waals surface area contributed by atoms with Gasteiger partial charge in [-0.1, -0.05) is 17.3 Å². The van der Waals surface area contributed by atoms with Crippen LogP contribution in [0.1, 0.15) is 29.6 Å². The topological polar surface area (TPSA) is 111 Å². The molecule has 28 heavy (non-hydrogen) atoms. The number of aryl methyl sites for hydroxylation is 1. The molecule has 0 saturated carbocycles. The van der Waals surface area contributed by atoms with Crippen molar-refractivity contribution >= 4 is 34.7 Å². The monoisotopic (exact) mass is 399 g/mol. The van der Waals surface area contributed by atoms with Crippen molar-refractivity contribution in [3.8, 4) is 11.4 Å². The van der Waals surface area contributed by atoms with Gasteiger partial charge in [0.1, 0.15) is 0 Å². The van der Waals surface area contributed by atoms with Gasteiger partial charge in [0, 0.05) is 22.9 Å². The van der Waals surface area contributed by atoms with Gasteiger partial charge in [0.2, 0.25) is 11.7 Å². The summed E-state index contributed by atoms with van der Waals surface area (Å²) in [5, 5.41) is 10.2. The van der Waals surface area contributed by atoms with Gasteiger partial charge in [0.15, 0.2) is 12.4 Å². The van der Waals surface area contributed by atoms with Gasteiger partial charge >= 0.3 is 5.97 Å². The standard InChI is InChI=1S/C19H17N3O5S/c1-12(23)14-4-2-3-5-15(14)20-16(24)10-26-18(25)7-6-17-21-19(22-27-17)13-8-9-28-11-13/h2-5,8-9,11H,6-7,10H2,1H3,(H,20,24). The number of benzene rings is 1. The lowest BCUT2D eigenvalue weighted by atomic mass is 10.1. The normalized spacial score (nSPS) is 10.5. The van der Waals surface area contributed by atoms with Crippen molar-refractivity contribution in [2.75, 3.05) is 11.9 Å². The maximum absolute atomic E-state index is 12.0. The van der Waals surface area contributed by atoms with Crippen molar-refractivity contribution in [3.05, 3.63) is 52.5 Å². The van der Waals surface area contributed by atoms with Crippen LogP contribution in [0, 0.1) is 0 Å². The van der Waals surface area contributed by atoms with Crippen molar-refractivity contribution in [2.45, 2.75) is 19.8 Å². The summed E-state index contributed by atoms with van der Waals surface area (Å²) in [5.41, 5.74) is 1.62. The molecule has 1 aromatic carbocycles. The van der Waals surface area contributed by atoms with Gasteiger partial charge < -0.3 is 14.6 Å². The van der Waals surface area contributed by atoms with E-state index in [1.807, 2.05) is 16.8 Å². The van der Waals surface area contributed by atoms with E-state index in [-0.39, 0.29) is 18.6 Å². The van der Waals surface area contributed by atoms with Crippen LogP contribution in [0.4, 0.5) is 5.69 Å². The van der Waals surface area contributed by atoms with Crippen LogP contribution in [0.3, 0.4) is 0 Å². The van der Waals surface area contributed by atoms with E-state index in [0.29, 0.717) is 23.0 Å². The zero-order chi connectivity index (χ0) is 19.9. The number of Topliss-reactive ketones (excluding diaryl/α,β-unsaturated/α-hetero) is 1. The molecule has 8 nitrogen and oxygen atoms in total. The van der Waals surface area contributed by atoms with E-state index >= 15 is 0 Å². The lowest BCUT2D eigenvalue weighted by molar-refractivity contribution is -0.147. The number of carbonyl (C=O) groups is 3. The molecular weight excluding hydrogens is 382 g/mol. The van der Waals surface area contributed by atoms with E-state index in [9.17, 15) is 14.4 Å². The molecule has 0 aliphatic carbocycles. The summed E-state index contributed by atoms with van der Waals surface area (Å²) in [4.78, 5) is 39.6. The van der Waals surface area contributed by atoms with E-state index in [1.165, 1.54) is 18.3 Å². The van der Waals surface area contributed by atoms with Gasteiger partial charge in [0.05, 0.1) is 12.1 Å². The Kier molecular flexibility index (Phi) is 6.28. The number of ether oxygens (including phenoxy) is 1. The van der Waals surface area contributed by atoms with Crippen molar-refractivity contribution in [1.29, 1.82) is 0 Å². The third kappa shape index (κ3) is 5.10. The quantitative estimate of drug-likeness (QED) is 0.457. The molecular formula is C19H17N3O5S. The number of anilines is 1.